The largest absolute Gasteiger partial charge is 0.497 e. The second kappa shape index (κ2) is 10.9. The summed E-state index contributed by atoms with van der Waals surface area (Å²) in [6.45, 7) is 0.854. The molecule has 0 saturated carbocycles. The molecule has 1 atom stereocenters. The molecule has 0 aliphatic carbocycles. The van der Waals surface area contributed by atoms with E-state index in [0.29, 0.717) is 18.0 Å². The van der Waals surface area contributed by atoms with Crippen molar-refractivity contribution >= 4 is 21.6 Å². The van der Waals surface area contributed by atoms with Crippen molar-refractivity contribution in [2.24, 2.45) is 0 Å². The van der Waals surface area contributed by atoms with E-state index in [1.54, 1.807) is 38.5 Å². The fourth-order valence-electron chi connectivity index (χ4n) is 3.88. The summed E-state index contributed by atoms with van der Waals surface area (Å²) in [6.07, 6.45) is 1.63. The molecule has 0 bridgehead atoms. The highest BCUT2D eigenvalue weighted by Crippen LogP contribution is 2.33. The van der Waals surface area contributed by atoms with E-state index < -0.39 is 15.9 Å². The number of nitrogens with one attached hydrogen (secondary N) is 2. The number of carbonyl (C=O) groups is 1. The molecule has 1 aliphatic heterocycles. The molecule has 1 fully saturated rings. The quantitative estimate of drug-likeness (QED) is 0.463. The zero-order valence-corrected chi connectivity index (χ0v) is 20.4. The highest BCUT2D eigenvalue weighted by atomic mass is 32.2. The topological polar surface area (TPSA) is 103 Å². The Kier molecular flexibility index (Phi) is 7.70. The Bertz CT molecular complexity index is 1290. The molecule has 1 aliphatic rings. The number of benzene rings is 3. The Hall–Kier alpha value is -3.40. The standard InChI is InChI=1S/C26H28N2O6S/c1-32-21-11-8-18(9-12-21)24-16-20(10-13-25(24)33-2)28-26(29)19-5-3-7-23(15-19)35(30,31)27-17-22-6-4-14-34-22/h3,5,7-13,15-16,22,27H,4,6,14,17H2,1-2H3,(H,28,29). The van der Waals surface area contributed by atoms with Crippen molar-refractivity contribution in [2.45, 2.75) is 23.8 Å². The van der Waals surface area contributed by atoms with Crippen LogP contribution >= 0.6 is 0 Å². The van der Waals surface area contributed by atoms with E-state index in [4.69, 9.17) is 14.2 Å². The van der Waals surface area contributed by atoms with Gasteiger partial charge in [-0.2, -0.15) is 0 Å². The van der Waals surface area contributed by atoms with Crippen LogP contribution in [0.4, 0.5) is 5.69 Å². The number of ether oxygens (including phenoxy) is 3. The third-order valence-electron chi connectivity index (χ3n) is 5.79. The van der Waals surface area contributed by atoms with Crippen molar-refractivity contribution in [3.05, 3.63) is 72.3 Å². The number of hydrogen-bond donors (Lipinski definition) is 2. The van der Waals surface area contributed by atoms with Gasteiger partial charge in [-0.1, -0.05) is 18.2 Å². The fraction of sp³-hybridized carbons (Fsp3) is 0.269. The molecule has 1 unspecified atom stereocenters. The molecule has 9 heteroatoms. The van der Waals surface area contributed by atoms with Crippen LogP contribution in [-0.2, 0) is 14.8 Å². The zero-order chi connectivity index (χ0) is 24.8. The van der Waals surface area contributed by atoms with Crippen molar-refractivity contribution in [2.75, 3.05) is 32.7 Å². The molecular weight excluding hydrogens is 468 g/mol. The SMILES string of the molecule is COc1ccc(-c2cc(NC(=O)c3cccc(S(=O)(=O)NCC4CCCO4)c3)ccc2OC)cc1. The average Bonchev–Trinajstić information content (AvgIpc) is 3.41. The van der Waals surface area contributed by atoms with Gasteiger partial charge in [-0.25, -0.2) is 13.1 Å². The lowest BCUT2D eigenvalue weighted by molar-refractivity contribution is 0.102. The zero-order valence-electron chi connectivity index (χ0n) is 19.6. The number of anilines is 1. The van der Waals surface area contributed by atoms with Gasteiger partial charge >= 0.3 is 0 Å². The van der Waals surface area contributed by atoms with E-state index in [2.05, 4.69) is 10.0 Å². The number of carbonyl (C=O) groups excluding carboxylic acids is 1. The highest BCUT2D eigenvalue weighted by molar-refractivity contribution is 7.89. The summed E-state index contributed by atoms with van der Waals surface area (Å²) in [6, 6.07) is 18.7. The summed E-state index contributed by atoms with van der Waals surface area (Å²) in [7, 11) is -0.585. The Labute approximate surface area is 205 Å². The Morgan fingerprint density at radius 1 is 1.03 bits per heavy atom. The van der Waals surface area contributed by atoms with Crippen LogP contribution < -0.4 is 19.5 Å². The molecule has 0 aromatic heterocycles. The maximum atomic E-state index is 13.0. The van der Waals surface area contributed by atoms with Gasteiger partial charge in [0.2, 0.25) is 10.0 Å². The van der Waals surface area contributed by atoms with Gasteiger partial charge in [0.25, 0.3) is 5.91 Å². The molecule has 1 heterocycles. The fourth-order valence-corrected chi connectivity index (χ4v) is 4.99. The average molecular weight is 497 g/mol. The molecular formula is C26H28N2O6S. The van der Waals surface area contributed by atoms with E-state index in [1.807, 2.05) is 30.3 Å². The predicted molar refractivity (Wildman–Crippen MR) is 134 cm³/mol. The van der Waals surface area contributed by atoms with Gasteiger partial charge in [0.1, 0.15) is 11.5 Å². The molecule has 35 heavy (non-hydrogen) atoms. The van der Waals surface area contributed by atoms with Crippen LogP contribution in [0.15, 0.2) is 71.6 Å². The van der Waals surface area contributed by atoms with E-state index in [1.165, 1.54) is 12.1 Å². The number of hydrogen-bond acceptors (Lipinski definition) is 6. The van der Waals surface area contributed by atoms with Gasteiger partial charge in [-0.3, -0.25) is 4.79 Å². The number of amides is 1. The van der Waals surface area contributed by atoms with Crippen molar-refractivity contribution in [3.8, 4) is 22.6 Å². The third kappa shape index (κ3) is 6.00. The van der Waals surface area contributed by atoms with Crippen LogP contribution in [0, 0.1) is 0 Å². The molecule has 0 radical (unpaired) electrons. The van der Waals surface area contributed by atoms with Crippen LogP contribution in [-0.4, -0.2) is 47.8 Å². The minimum absolute atomic E-state index is 0.0248. The van der Waals surface area contributed by atoms with Crippen LogP contribution in [0.5, 0.6) is 11.5 Å². The molecule has 0 spiro atoms. The van der Waals surface area contributed by atoms with Crippen LogP contribution in [0.2, 0.25) is 0 Å². The van der Waals surface area contributed by atoms with E-state index in [9.17, 15) is 13.2 Å². The lowest BCUT2D eigenvalue weighted by atomic mass is 10.0. The normalized spacial score (nSPS) is 15.5. The summed E-state index contributed by atoms with van der Waals surface area (Å²) >= 11 is 0. The van der Waals surface area contributed by atoms with Gasteiger partial charge in [-0.15, -0.1) is 0 Å². The lowest BCUT2D eigenvalue weighted by Crippen LogP contribution is -2.32. The maximum absolute atomic E-state index is 13.0. The van der Waals surface area contributed by atoms with Gasteiger partial charge in [-0.05, 0) is 66.9 Å². The first kappa shape index (κ1) is 24.7. The second-order valence-corrected chi connectivity index (χ2v) is 9.88. The second-order valence-electron chi connectivity index (χ2n) is 8.11. The Balaban J connectivity index is 1.51. The number of rotatable bonds is 9. The summed E-state index contributed by atoms with van der Waals surface area (Å²) in [5, 5.41) is 2.84. The summed E-state index contributed by atoms with van der Waals surface area (Å²) < 4.78 is 44.2. The first-order valence-corrected chi connectivity index (χ1v) is 12.7. The van der Waals surface area contributed by atoms with Crippen molar-refractivity contribution in [1.82, 2.24) is 4.72 Å². The molecule has 1 amide bonds. The van der Waals surface area contributed by atoms with Crippen molar-refractivity contribution in [1.29, 1.82) is 0 Å². The third-order valence-corrected chi connectivity index (χ3v) is 7.21. The van der Waals surface area contributed by atoms with Crippen molar-refractivity contribution in [3.63, 3.8) is 0 Å². The minimum Gasteiger partial charge on any atom is -0.497 e. The van der Waals surface area contributed by atoms with Crippen LogP contribution in [0.1, 0.15) is 23.2 Å². The van der Waals surface area contributed by atoms with Crippen LogP contribution in [0.25, 0.3) is 11.1 Å². The van der Waals surface area contributed by atoms with E-state index in [-0.39, 0.29) is 23.1 Å². The molecule has 8 nitrogen and oxygen atoms in total. The number of methoxy groups -OCH3 is 2. The van der Waals surface area contributed by atoms with Gasteiger partial charge in [0.15, 0.2) is 0 Å². The van der Waals surface area contributed by atoms with E-state index in [0.717, 1.165) is 29.7 Å². The van der Waals surface area contributed by atoms with Crippen molar-refractivity contribution < 1.29 is 27.4 Å². The smallest absolute Gasteiger partial charge is 0.255 e. The first-order chi connectivity index (χ1) is 16.9. The van der Waals surface area contributed by atoms with Gasteiger partial charge in [0.05, 0.1) is 25.2 Å². The van der Waals surface area contributed by atoms with E-state index >= 15 is 0 Å². The lowest BCUT2D eigenvalue weighted by Gasteiger charge is -2.13. The molecule has 3 aromatic rings. The Morgan fingerprint density at radius 2 is 1.83 bits per heavy atom. The molecule has 4 rings (SSSR count). The summed E-state index contributed by atoms with van der Waals surface area (Å²) in [5.41, 5.74) is 2.46. The highest BCUT2D eigenvalue weighted by Gasteiger charge is 2.21. The molecule has 1 saturated heterocycles. The molecule has 2 N–H and O–H groups in total. The molecule has 184 valence electrons. The maximum Gasteiger partial charge on any atom is 0.255 e. The monoisotopic (exact) mass is 496 g/mol. The van der Waals surface area contributed by atoms with Gasteiger partial charge in [0, 0.05) is 30.0 Å². The predicted octanol–water partition coefficient (Wildman–Crippen LogP) is 4.08. The van der Waals surface area contributed by atoms with Crippen LogP contribution in [0.3, 0.4) is 0 Å². The number of sulfonamides is 1. The Morgan fingerprint density at radius 3 is 2.51 bits per heavy atom. The van der Waals surface area contributed by atoms with Gasteiger partial charge < -0.3 is 19.5 Å². The summed E-state index contributed by atoms with van der Waals surface area (Å²) in [4.78, 5) is 13.0. The molecule has 3 aromatic carbocycles. The first-order valence-electron chi connectivity index (χ1n) is 11.2. The summed E-state index contributed by atoms with van der Waals surface area (Å²) in [5.74, 6) is 0.961. The minimum atomic E-state index is -3.77.